The Balaban J connectivity index is 1.56. The van der Waals surface area contributed by atoms with Crippen LogP contribution < -0.4 is 4.74 Å². The normalized spacial score (nSPS) is 10.5. The average molecular weight is 339 g/mol. The topological polar surface area (TPSA) is 47.4 Å². The molecule has 0 bridgehead atoms. The van der Waals surface area contributed by atoms with Crippen molar-refractivity contribution in [2.45, 2.75) is 0 Å². The fraction of sp³-hybridized carbons (Fsp3) is 0.158. The molecule has 1 heterocycles. The van der Waals surface area contributed by atoms with Crippen LogP contribution in [0.3, 0.4) is 0 Å². The number of carbonyl (C=O) groups is 1. The van der Waals surface area contributed by atoms with Crippen LogP contribution in [0.4, 0.5) is 4.39 Å². The van der Waals surface area contributed by atoms with Crippen molar-refractivity contribution in [3.8, 4) is 11.4 Å². The van der Waals surface area contributed by atoms with Gasteiger partial charge in [-0.05, 0) is 42.5 Å². The SMILES string of the molecule is CN(CCOc1ccccc1F)C(=O)c1ccc(-n2cccn2)cc1. The van der Waals surface area contributed by atoms with Crippen LogP contribution in [-0.2, 0) is 0 Å². The molecule has 0 unspecified atom stereocenters. The van der Waals surface area contributed by atoms with E-state index in [0.717, 1.165) is 5.69 Å². The Morgan fingerprint density at radius 2 is 1.92 bits per heavy atom. The van der Waals surface area contributed by atoms with Gasteiger partial charge < -0.3 is 9.64 Å². The van der Waals surface area contributed by atoms with E-state index in [1.165, 1.54) is 6.07 Å². The van der Waals surface area contributed by atoms with E-state index in [4.69, 9.17) is 4.74 Å². The molecule has 1 aromatic heterocycles. The highest BCUT2D eigenvalue weighted by Gasteiger charge is 2.12. The second kappa shape index (κ2) is 7.61. The van der Waals surface area contributed by atoms with Crippen LogP contribution in [0, 0.1) is 5.82 Å². The lowest BCUT2D eigenvalue weighted by Crippen LogP contribution is -2.30. The molecule has 3 aromatic rings. The molecule has 6 heteroatoms. The lowest BCUT2D eigenvalue weighted by Gasteiger charge is -2.18. The Bertz CT molecular complexity index is 832. The quantitative estimate of drug-likeness (QED) is 0.693. The van der Waals surface area contributed by atoms with Crippen molar-refractivity contribution in [1.82, 2.24) is 14.7 Å². The Labute approximate surface area is 145 Å². The third-order valence-electron chi connectivity index (χ3n) is 3.75. The molecule has 0 N–H and O–H groups in total. The zero-order valence-electron chi connectivity index (χ0n) is 13.8. The average Bonchev–Trinajstić information content (AvgIpc) is 3.17. The fourth-order valence-corrected chi connectivity index (χ4v) is 2.35. The minimum absolute atomic E-state index is 0.121. The van der Waals surface area contributed by atoms with Gasteiger partial charge in [-0.25, -0.2) is 9.07 Å². The summed E-state index contributed by atoms with van der Waals surface area (Å²) < 4.78 is 20.6. The van der Waals surface area contributed by atoms with E-state index >= 15 is 0 Å². The van der Waals surface area contributed by atoms with E-state index in [2.05, 4.69) is 5.10 Å². The van der Waals surface area contributed by atoms with Crippen LogP contribution in [0.1, 0.15) is 10.4 Å². The van der Waals surface area contributed by atoms with Crippen LogP contribution in [0.15, 0.2) is 67.0 Å². The van der Waals surface area contributed by atoms with Crippen LogP contribution in [0.25, 0.3) is 5.69 Å². The fourth-order valence-electron chi connectivity index (χ4n) is 2.35. The number of ether oxygens (including phenoxy) is 1. The first kappa shape index (κ1) is 16.7. The highest BCUT2D eigenvalue weighted by atomic mass is 19.1. The molecule has 0 fully saturated rings. The van der Waals surface area contributed by atoms with Crippen LogP contribution >= 0.6 is 0 Å². The largest absolute Gasteiger partial charge is 0.489 e. The molecule has 0 radical (unpaired) electrons. The first-order chi connectivity index (χ1) is 12.1. The number of halogens is 1. The first-order valence-corrected chi connectivity index (χ1v) is 7.88. The van der Waals surface area contributed by atoms with E-state index in [-0.39, 0.29) is 18.3 Å². The third kappa shape index (κ3) is 4.03. The molecule has 0 spiro atoms. The number of amides is 1. The monoisotopic (exact) mass is 339 g/mol. The third-order valence-corrected chi connectivity index (χ3v) is 3.75. The standard InChI is InChI=1S/C19H18FN3O2/c1-22(13-14-25-18-6-3-2-5-17(18)20)19(24)15-7-9-16(10-8-15)23-12-4-11-21-23/h2-12H,13-14H2,1H3. The van der Waals surface area contributed by atoms with Gasteiger partial charge in [0.15, 0.2) is 11.6 Å². The molecular formula is C19H18FN3O2. The van der Waals surface area contributed by atoms with Gasteiger partial charge in [0.1, 0.15) is 6.61 Å². The first-order valence-electron chi connectivity index (χ1n) is 7.88. The second-order valence-electron chi connectivity index (χ2n) is 5.50. The van der Waals surface area contributed by atoms with Gasteiger partial charge in [0.05, 0.1) is 12.2 Å². The second-order valence-corrected chi connectivity index (χ2v) is 5.50. The molecule has 25 heavy (non-hydrogen) atoms. The number of rotatable bonds is 6. The van der Waals surface area contributed by atoms with Gasteiger partial charge in [-0.2, -0.15) is 5.10 Å². The minimum atomic E-state index is -0.411. The summed E-state index contributed by atoms with van der Waals surface area (Å²) in [5.41, 5.74) is 1.45. The number of likely N-dealkylation sites (N-methyl/N-ethyl adjacent to an activating group) is 1. The molecule has 0 aliphatic heterocycles. The molecule has 1 amide bonds. The highest BCUT2D eigenvalue weighted by molar-refractivity contribution is 5.94. The van der Waals surface area contributed by atoms with E-state index in [0.29, 0.717) is 12.1 Å². The lowest BCUT2D eigenvalue weighted by atomic mass is 10.2. The summed E-state index contributed by atoms with van der Waals surface area (Å²) in [5.74, 6) is -0.346. The van der Waals surface area contributed by atoms with Crippen molar-refractivity contribution in [3.63, 3.8) is 0 Å². The molecule has 0 saturated heterocycles. The van der Waals surface area contributed by atoms with Crippen molar-refractivity contribution in [2.24, 2.45) is 0 Å². The highest BCUT2D eigenvalue weighted by Crippen LogP contribution is 2.15. The molecule has 0 atom stereocenters. The zero-order chi connectivity index (χ0) is 17.6. The Kier molecular flexibility index (Phi) is 5.09. The zero-order valence-corrected chi connectivity index (χ0v) is 13.8. The van der Waals surface area contributed by atoms with E-state index in [1.807, 2.05) is 24.4 Å². The minimum Gasteiger partial charge on any atom is -0.489 e. The van der Waals surface area contributed by atoms with Crippen LogP contribution in [0.2, 0.25) is 0 Å². The van der Waals surface area contributed by atoms with Gasteiger partial charge in [0, 0.05) is 25.0 Å². The summed E-state index contributed by atoms with van der Waals surface area (Å²) in [5, 5.41) is 4.15. The maximum absolute atomic E-state index is 13.5. The number of carbonyl (C=O) groups excluding carboxylic acids is 1. The molecule has 0 aliphatic carbocycles. The molecule has 5 nitrogen and oxygen atoms in total. The molecule has 128 valence electrons. The van der Waals surface area contributed by atoms with Gasteiger partial charge in [-0.3, -0.25) is 4.79 Å². The number of benzene rings is 2. The van der Waals surface area contributed by atoms with Crippen molar-refractivity contribution in [1.29, 1.82) is 0 Å². The summed E-state index contributed by atoms with van der Waals surface area (Å²) in [4.78, 5) is 14.0. The predicted octanol–water partition coefficient (Wildman–Crippen LogP) is 3.16. The molecule has 0 aliphatic rings. The van der Waals surface area contributed by atoms with Crippen LogP contribution in [-0.4, -0.2) is 40.8 Å². The number of para-hydroxylation sites is 1. The van der Waals surface area contributed by atoms with Crippen molar-refractivity contribution < 1.29 is 13.9 Å². The number of hydrogen-bond acceptors (Lipinski definition) is 3. The van der Waals surface area contributed by atoms with Gasteiger partial charge >= 0.3 is 0 Å². The number of nitrogens with zero attached hydrogens (tertiary/aromatic N) is 3. The number of aromatic nitrogens is 2. The smallest absolute Gasteiger partial charge is 0.253 e. The molecular weight excluding hydrogens is 321 g/mol. The van der Waals surface area contributed by atoms with E-state index in [9.17, 15) is 9.18 Å². The summed E-state index contributed by atoms with van der Waals surface area (Å²) in [6.07, 6.45) is 3.53. The van der Waals surface area contributed by atoms with E-state index < -0.39 is 5.82 Å². The summed E-state index contributed by atoms with van der Waals surface area (Å²) >= 11 is 0. The van der Waals surface area contributed by atoms with Gasteiger partial charge in [-0.1, -0.05) is 12.1 Å². The maximum atomic E-state index is 13.5. The Morgan fingerprint density at radius 3 is 2.60 bits per heavy atom. The van der Waals surface area contributed by atoms with Crippen molar-refractivity contribution in [2.75, 3.05) is 20.2 Å². The summed E-state index contributed by atoms with van der Waals surface area (Å²) in [7, 11) is 1.69. The van der Waals surface area contributed by atoms with Gasteiger partial charge in [0.25, 0.3) is 5.91 Å². The Morgan fingerprint density at radius 1 is 1.16 bits per heavy atom. The number of hydrogen-bond donors (Lipinski definition) is 0. The van der Waals surface area contributed by atoms with E-state index in [1.54, 1.807) is 53.2 Å². The molecule has 3 rings (SSSR count). The van der Waals surface area contributed by atoms with Gasteiger partial charge in [0.2, 0.25) is 0 Å². The Hall–Kier alpha value is -3.15. The summed E-state index contributed by atoms with van der Waals surface area (Å²) in [6, 6.07) is 15.2. The maximum Gasteiger partial charge on any atom is 0.253 e. The van der Waals surface area contributed by atoms with Crippen molar-refractivity contribution in [3.05, 3.63) is 78.4 Å². The van der Waals surface area contributed by atoms with Gasteiger partial charge in [-0.15, -0.1) is 0 Å². The van der Waals surface area contributed by atoms with Crippen LogP contribution in [0.5, 0.6) is 5.75 Å². The summed E-state index contributed by atoms with van der Waals surface area (Å²) in [6.45, 7) is 0.572. The predicted molar refractivity (Wildman–Crippen MR) is 92.4 cm³/mol. The van der Waals surface area contributed by atoms with Crippen molar-refractivity contribution >= 4 is 5.91 Å². The molecule has 2 aromatic carbocycles. The lowest BCUT2D eigenvalue weighted by molar-refractivity contribution is 0.0773. The molecule has 0 saturated carbocycles.